The number of nitrogens with zero attached hydrogens (tertiary/aromatic N) is 3. The SMILES string of the molecule is Nc1nc2c([C@H]3NC[C@H](N)[C@H]3N)ncn2c(=O)[nH]1. The Morgan fingerprint density at radius 2 is 2.22 bits per heavy atom. The highest BCUT2D eigenvalue weighted by Gasteiger charge is 2.34. The van der Waals surface area contributed by atoms with Crippen LogP contribution < -0.4 is 28.2 Å². The van der Waals surface area contributed by atoms with Gasteiger partial charge in [0.1, 0.15) is 12.0 Å². The van der Waals surface area contributed by atoms with Gasteiger partial charge in [0.15, 0.2) is 5.65 Å². The fourth-order valence-corrected chi connectivity index (χ4v) is 2.21. The van der Waals surface area contributed by atoms with Crippen LogP contribution in [0.25, 0.3) is 5.65 Å². The summed E-state index contributed by atoms with van der Waals surface area (Å²) in [6.07, 6.45) is 1.40. The van der Waals surface area contributed by atoms with Gasteiger partial charge in [-0.2, -0.15) is 4.98 Å². The van der Waals surface area contributed by atoms with Gasteiger partial charge in [-0.05, 0) is 0 Å². The van der Waals surface area contributed by atoms with Gasteiger partial charge in [0.25, 0.3) is 0 Å². The number of anilines is 1. The van der Waals surface area contributed by atoms with Crippen LogP contribution in [0, 0.1) is 0 Å². The maximum Gasteiger partial charge on any atom is 0.335 e. The first-order chi connectivity index (χ1) is 8.58. The normalized spacial score (nSPS) is 28.0. The number of H-pyrrole nitrogens is 1. The van der Waals surface area contributed by atoms with E-state index < -0.39 is 0 Å². The second-order valence-electron chi connectivity index (χ2n) is 4.38. The van der Waals surface area contributed by atoms with Gasteiger partial charge in [-0.15, -0.1) is 0 Å². The van der Waals surface area contributed by atoms with Crippen molar-refractivity contribution >= 4 is 11.6 Å². The van der Waals surface area contributed by atoms with Crippen molar-refractivity contribution in [2.24, 2.45) is 11.5 Å². The van der Waals surface area contributed by atoms with Gasteiger partial charge in [0, 0.05) is 18.6 Å². The van der Waals surface area contributed by atoms with Crippen molar-refractivity contribution in [2.45, 2.75) is 18.1 Å². The lowest BCUT2D eigenvalue weighted by atomic mass is 10.1. The minimum atomic E-state index is -0.382. The van der Waals surface area contributed by atoms with E-state index in [1.807, 2.05) is 0 Å². The van der Waals surface area contributed by atoms with Gasteiger partial charge in [-0.25, -0.2) is 14.2 Å². The molecule has 0 saturated carbocycles. The molecule has 1 fully saturated rings. The molecule has 8 N–H and O–H groups in total. The summed E-state index contributed by atoms with van der Waals surface area (Å²) in [5.41, 5.74) is 18.0. The zero-order chi connectivity index (χ0) is 12.9. The average molecular weight is 250 g/mol. The fraction of sp³-hybridized carbons (Fsp3) is 0.444. The van der Waals surface area contributed by atoms with Crippen LogP contribution in [0.15, 0.2) is 11.1 Å². The third kappa shape index (κ3) is 1.49. The molecule has 0 aromatic carbocycles. The number of nitrogen functional groups attached to an aromatic ring is 1. The monoisotopic (exact) mass is 250 g/mol. The number of hydrogen-bond donors (Lipinski definition) is 5. The molecule has 9 heteroatoms. The van der Waals surface area contributed by atoms with Crippen LogP contribution in [-0.4, -0.2) is 38.0 Å². The molecule has 96 valence electrons. The van der Waals surface area contributed by atoms with Gasteiger partial charge >= 0.3 is 5.69 Å². The molecule has 1 aliphatic heterocycles. The smallest absolute Gasteiger partial charge is 0.335 e. The molecular formula is C9H14N8O. The van der Waals surface area contributed by atoms with Gasteiger partial charge < -0.3 is 22.5 Å². The Bertz CT molecular complexity index is 646. The molecular weight excluding hydrogens is 236 g/mol. The van der Waals surface area contributed by atoms with Crippen molar-refractivity contribution in [3.63, 3.8) is 0 Å². The van der Waals surface area contributed by atoms with Crippen LogP contribution in [0.2, 0.25) is 0 Å². The van der Waals surface area contributed by atoms with Crippen molar-refractivity contribution in [1.82, 2.24) is 24.7 Å². The third-order valence-corrected chi connectivity index (χ3v) is 3.20. The molecule has 0 radical (unpaired) electrons. The van der Waals surface area contributed by atoms with E-state index in [4.69, 9.17) is 17.2 Å². The van der Waals surface area contributed by atoms with E-state index in [9.17, 15) is 4.79 Å². The lowest BCUT2D eigenvalue weighted by molar-refractivity contribution is 0.536. The van der Waals surface area contributed by atoms with E-state index in [-0.39, 0.29) is 29.8 Å². The molecule has 0 spiro atoms. The Hall–Kier alpha value is -1.97. The largest absolute Gasteiger partial charge is 0.369 e. The third-order valence-electron chi connectivity index (χ3n) is 3.20. The minimum Gasteiger partial charge on any atom is -0.369 e. The van der Waals surface area contributed by atoms with Crippen LogP contribution in [0.5, 0.6) is 0 Å². The highest BCUT2D eigenvalue weighted by molar-refractivity contribution is 5.48. The van der Waals surface area contributed by atoms with Crippen LogP contribution in [0.4, 0.5) is 5.95 Å². The molecule has 0 bridgehead atoms. The van der Waals surface area contributed by atoms with Crippen molar-refractivity contribution < 1.29 is 0 Å². The Morgan fingerprint density at radius 1 is 1.44 bits per heavy atom. The van der Waals surface area contributed by atoms with Crippen LogP contribution in [-0.2, 0) is 0 Å². The molecule has 3 atom stereocenters. The van der Waals surface area contributed by atoms with Crippen molar-refractivity contribution in [3.8, 4) is 0 Å². The van der Waals surface area contributed by atoms with Gasteiger partial charge in [0.2, 0.25) is 5.95 Å². The standard InChI is InChI=1S/C9H14N8O/c10-3-1-13-5(4(3)11)6-7-15-8(12)16-9(18)17(7)2-14-6/h2-5,13H,1,10-11H2,(H3,12,15,16,18)/t3-,4+,5-/m0/s1. The number of aromatic amines is 1. The molecule has 3 rings (SSSR count). The molecule has 1 aliphatic rings. The van der Waals surface area contributed by atoms with Gasteiger partial charge in [0.05, 0.1) is 6.04 Å². The molecule has 0 aliphatic carbocycles. The summed E-state index contributed by atoms with van der Waals surface area (Å²) in [4.78, 5) is 22.3. The summed E-state index contributed by atoms with van der Waals surface area (Å²) >= 11 is 0. The maximum atomic E-state index is 11.6. The zero-order valence-corrected chi connectivity index (χ0v) is 9.50. The van der Waals surface area contributed by atoms with Crippen molar-refractivity contribution in [3.05, 3.63) is 22.5 Å². The number of nitrogens with one attached hydrogen (secondary N) is 2. The lowest BCUT2D eigenvalue weighted by Gasteiger charge is -2.15. The Kier molecular flexibility index (Phi) is 2.33. The first-order valence-electron chi connectivity index (χ1n) is 5.55. The van der Waals surface area contributed by atoms with Crippen molar-refractivity contribution in [2.75, 3.05) is 12.3 Å². The summed E-state index contributed by atoms with van der Waals surface area (Å²) in [6.45, 7) is 0.601. The van der Waals surface area contributed by atoms with E-state index in [2.05, 4.69) is 20.3 Å². The number of rotatable bonds is 1. The second-order valence-corrected chi connectivity index (χ2v) is 4.38. The Morgan fingerprint density at radius 3 is 2.89 bits per heavy atom. The summed E-state index contributed by atoms with van der Waals surface area (Å²) in [6, 6.07) is -0.643. The molecule has 9 nitrogen and oxygen atoms in total. The fourth-order valence-electron chi connectivity index (χ4n) is 2.21. The Labute approximate surface area is 101 Å². The van der Waals surface area contributed by atoms with Gasteiger partial charge in [-0.3, -0.25) is 4.98 Å². The zero-order valence-electron chi connectivity index (χ0n) is 9.50. The average Bonchev–Trinajstić information content (AvgIpc) is 2.85. The van der Waals surface area contributed by atoms with Crippen LogP contribution >= 0.6 is 0 Å². The molecule has 0 unspecified atom stereocenters. The predicted molar refractivity (Wildman–Crippen MR) is 64.7 cm³/mol. The number of hydrogen-bond acceptors (Lipinski definition) is 7. The maximum absolute atomic E-state index is 11.6. The highest BCUT2D eigenvalue weighted by atomic mass is 16.1. The molecule has 3 heterocycles. The number of nitrogens with two attached hydrogens (primary N) is 3. The Balaban J connectivity index is 2.16. The number of aromatic nitrogens is 4. The molecule has 1 saturated heterocycles. The predicted octanol–water partition coefficient (Wildman–Crippen LogP) is -2.70. The highest BCUT2D eigenvalue weighted by Crippen LogP contribution is 2.22. The van der Waals surface area contributed by atoms with E-state index in [1.165, 1.54) is 10.7 Å². The lowest BCUT2D eigenvalue weighted by Crippen LogP contribution is -2.41. The van der Waals surface area contributed by atoms with Crippen LogP contribution in [0.1, 0.15) is 11.7 Å². The summed E-state index contributed by atoms with van der Waals surface area (Å²) in [5.74, 6) is 0.0464. The first-order valence-corrected chi connectivity index (χ1v) is 5.55. The van der Waals surface area contributed by atoms with Crippen LogP contribution in [0.3, 0.4) is 0 Å². The number of fused-ring (bicyclic) bond motifs is 1. The molecule has 18 heavy (non-hydrogen) atoms. The van der Waals surface area contributed by atoms with E-state index in [0.29, 0.717) is 17.9 Å². The first kappa shape index (κ1) is 11.1. The second kappa shape index (κ2) is 3.77. The minimum absolute atomic E-state index is 0.0464. The summed E-state index contributed by atoms with van der Waals surface area (Å²) < 4.78 is 1.30. The molecule has 0 amide bonds. The van der Waals surface area contributed by atoms with Gasteiger partial charge in [-0.1, -0.05) is 0 Å². The molecule has 2 aromatic heterocycles. The van der Waals surface area contributed by atoms with E-state index in [0.717, 1.165) is 0 Å². The topological polar surface area (TPSA) is 153 Å². The summed E-state index contributed by atoms with van der Waals surface area (Å²) in [7, 11) is 0. The van der Waals surface area contributed by atoms with E-state index in [1.54, 1.807) is 0 Å². The van der Waals surface area contributed by atoms with Crippen molar-refractivity contribution in [1.29, 1.82) is 0 Å². The summed E-state index contributed by atoms with van der Waals surface area (Å²) in [5, 5.41) is 3.17. The molecule has 2 aromatic rings. The van der Waals surface area contributed by atoms with E-state index >= 15 is 0 Å². The quantitative estimate of drug-likeness (QED) is 0.369. The number of imidazole rings is 1.